The average molecular weight is 499 g/mol. The molecule has 1 fully saturated rings. The molecule has 3 aromatic rings. The zero-order chi connectivity index (χ0) is 23.8. The van der Waals surface area contributed by atoms with Crippen LogP contribution in [0.3, 0.4) is 0 Å². The Balaban J connectivity index is 1.41. The summed E-state index contributed by atoms with van der Waals surface area (Å²) in [5.74, 6) is -0.390. The number of hydrogen-bond acceptors (Lipinski definition) is 7. The van der Waals surface area contributed by atoms with E-state index in [-0.39, 0.29) is 42.2 Å². The van der Waals surface area contributed by atoms with Gasteiger partial charge in [0.25, 0.3) is 0 Å². The number of pyridine rings is 1. The molecule has 3 heterocycles. The number of fused-ring (bicyclic) bond motifs is 1. The fourth-order valence-electron chi connectivity index (χ4n) is 3.69. The van der Waals surface area contributed by atoms with Gasteiger partial charge in [-0.1, -0.05) is 22.9 Å². The number of aromatic nitrogens is 2. The van der Waals surface area contributed by atoms with Crippen LogP contribution in [-0.4, -0.2) is 62.0 Å². The number of benzene rings is 1. The van der Waals surface area contributed by atoms with Gasteiger partial charge in [-0.05, 0) is 24.3 Å². The lowest BCUT2D eigenvalue weighted by Crippen LogP contribution is -2.45. The molecule has 0 bridgehead atoms. The van der Waals surface area contributed by atoms with E-state index in [9.17, 15) is 19.4 Å². The predicted octanol–water partition coefficient (Wildman–Crippen LogP) is 3.36. The molecule has 0 aliphatic carbocycles. The number of aliphatic hydroxyl groups excluding tert-OH is 3. The fraction of sp³-hybridized carbons (Fsp3) is 0.381. The van der Waals surface area contributed by atoms with Gasteiger partial charge in [0.2, 0.25) is 0 Å². The van der Waals surface area contributed by atoms with Crippen molar-refractivity contribution in [3.63, 3.8) is 0 Å². The van der Waals surface area contributed by atoms with E-state index in [1.165, 1.54) is 35.4 Å². The number of amides is 2. The van der Waals surface area contributed by atoms with Crippen LogP contribution in [-0.2, 0) is 5.67 Å². The van der Waals surface area contributed by atoms with Crippen molar-refractivity contribution >= 4 is 44.3 Å². The minimum atomic E-state index is -1.87. The summed E-state index contributed by atoms with van der Waals surface area (Å²) < 4.78 is 29.6. The molecule has 33 heavy (non-hydrogen) atoms. The highest BCUT2D eigenvalue weighted by Crippen LogP contribution is 2.40. The van der Waals surface area contributed by atoms with E-state index in [0.717, 1.165) is 11.3 Å². The quantitative estimate of drug-likeness (QED) is 0.428. The molecule has 2 amide bonds. The zero-order valence-electron chi connectivity index (χ0n) is 17.2. The van der Waals surface area contributed by atoms with Crippen molar-refractivity contribution in [3.05, 3.63) is 52.6 Å². The molecule has 0 radical (unpaired) electrons. The van der Waals surface area contributed by atoms with E-state index in [4.69, 9.17) is 16.7 Å². The van der Waals surface area contributed by atoms with E-state index in [2.05, 4.69) is 15.3 Å². The first-order valence-electron chi connectivity index (χ1n) is 10.1. The number of hydrogen-bond donors (Lipinski definition) is 4. The second-order valence-electron chi connectivity index (χ2n) is 7.81. The highest BCUT2D eigenvalue weighted by Gasteiger charge is 2.40. The van der Waals surface area contributed by atoms with Crippen LogP contribution in [0.1, 0.15) is 30.2 Å². The topological polar surface area (TPSA) is 119 Å². The van der Waals surface area contributed by atoms with Crippen LogP contribution >= 0.6 is 22.9 Å². The van der Waals surface area contributed by atoms with Crippen LogP contribution < -0.4 is 5.32 Å². The minimum Gasteiger partial charge on any atom is -0.394 e. The molecule has 1 saturated heterocycles. The van der Waals surface area contributed by atoms with E-state index < -0.39 is 36.3 Å². The average Bonchev–Trinajstić information content (AvgIpc) is 3.19. The number of thiazole rings is 1. The van der Waals surface area contributed by atoms with Crippen molar-refractivity contribution in [2.24, 2.45) is 0 Å². The van der Waals surface area contributed by atoms with Gasteiger partial charge in [-0.2, -0.15) is 0 Å². The van der Waals surface area contributed by atoms with Crippen molar-refractivity contribution in [1.82, 2.24) is 14.9 Å². The Morgan fingerprint density at radius 3 is 2.70 bits per heavy atom. The summed E-state index contributed by atoms with van der Waals surface area (Å²) in [6, 6.07) is 5.03. The van der Waals surface area contributed by atoms with Gasteiger partial charge in [0.05, 0.1) is 27.5 Å². The van der Waals surface area contributed by atoms with Crippen LogP contribution in [0.2, 0.25) is 5.02 Å². The molecule has 0 saturated carbocycles. The summed E-state index contributed by atoms with van der Waals surface area (Å²) in [6.07, 6.45) is -1.70. The van der Waals surface area contributed by atoms with E-state index in [1.807, 2.05) is 0 Å². The smallest absolute Gasteiger partial charge is 0.323 e. The largest absolute Gasteiger partial charge is 0.394 e. The number of piperidine rings is 1. The summed E-state index contributed by atoms with van der Waals surface area (Å²) in [4.78, 5) is 22.4. The molecule has 8 nitrogen and oxygen atoms in total. The number of likely N-dealkylation sites (tertiary alicyclic amines) is 1. The van der Waals surface area contributed by atoms with Gasteiger partial charge < -0.3 is 20.2 Å². The van der Waals surface area contributed by atoms with E-state index in [1.54, 1.807) is 0 Å². The molecular weight excluding hydrogens is 478 g/mol. The number of carbonyl (C=O) groups excluding carboxylic acids is 1. The van der Waals surface area contributed by atoms with Gasteiger partial charge in [-0.25, -0.2) is 18.6 Å². The third-order valence-electron chi connectivity index (χ3n) is 5.59. The van der Waals surface area contributed by atoms with Crippen molar-refractivity contribution < 1.29 is 28.9 Å². The number of rotatable bonds is 5. The standard InChI is InChI=1S/C21H21ClF2N4O4S/c22-13-7-11(17(31)15(30)10-29)9-25-18(13)21(24)3-5-28(6-4-21)20(32)27-19-26-14-2-1-12(23)8-16(14)33-19/h1-2,7-9,15,17,29-31H,3-6,10H2,(H,26,27,32)/t15-,17-/m0/s1. The van der Waals surface area contributed by atoms with Gasteiger partial charge in [-0.15, -0.1) is 0 Å². The van der Waals surface area contributed by atoms with Crippen molar-refractivity contribution in [1.29, 1.82) is 0 Å². The normalized spacial score (nSPS) is 17.7. The maximum absolute atomic E-state index is 15.7. The lowest BCUT2D eigenvalue weighted by molar-refractivity contribution is -0.0155. The lowest BCUT2D eigenvalue weighted by atomic mass is 9.89. The molecular formula is C21H21ClF2N4O4S. The monoisotopic (exact) mass is 498 g/mol. The Morgan fingerprint density at radius 2 is 2.03 bits per heavy atom. The van der Waals surface area contributed by atoms with Crippen LogP contribution in [0.15, 0.2) is 30.5 Å². The number of nitrogens with one attached hydrogen (secondary N) is 1. The Hall–Kier alpha value is -2.44. The Morgan fingerprint density at radius 1 is 1.30 bits per heavy atom. The second-order valence-corrected chi connectivity index (χ2v) is 9.25. The molecule has 2 aromatic heterocycles. The highest BCUT2D eigenvalue weighted by molar-refractivity contribution is 7.22. The third kappa shape index (κ3) is 4.92. The number of aliphatic hydroxyl groups is 3. The number of anilines is 1. The van der Waals surface area contributed by atoms with Crippen molar-refractivity contribution in [3.8, 4) is 0 Å². The van der Waals surface area contributed by atoms with Crippen LogP contribution in [0, 0.1) is 5.82 Å². The number of carbonyl (C=O) groups is 1. The van der Waals surface area contributed by atoms with Crippen molar-refractivity contribution in [2.75, 3.05) is 25.0 Å². The molecule has 0 spiro atoms. The predicted molar refractivity (Wildman–Crippen MR) is 119 cm³/mol. The van der Waals surface area contributed by atoms with Gasteiger partial charge >= 0.3 is 6.03 Å². The van der Waals surface area contributed by atoms with Gasteiger partial charge in [-0.3, -0.25) is 10.3 Å². The number of nitrogens with zero attached hydrogens (tertiary/aromatic N) is 3. The van der Waals surface area contributed by atoms with E-state index in [0.29, 0.717) is 15.3 Å². The van der Waals surface area contributed by atoms with Gasteiger partial charge in [0.1, 0.15) is 18.0 Å². The van der Waals surface area contributed by atoms with E-state index >= 15 is 4.39 Å². The SMILES string of the molecule is O=C(Nc1nc2ccc(F)cc2s1)N1CCC(F)(c2ncc([C@H](O)[C@@H](O)CO)cc2Cl)CC1. The molecule has 1 aliphatic heterocycles. The second kappa shape index (κ2) is 9.43. The lowest BCUT2D eigenvalue weighted by Gasteiger charge is -2.36. The maximum atomic E-state index is 15.7. The summed E-state index contributed by atoms with van der Waals surface area (Å²) in [5.41, 5.74) is -1.16. The molecule has 1 aliphatic rings. The first-order chi connectivity index (χ1) is 15.7. The van der Waals surface area contributed by atoms with Gasteiger partial charge in [0.15, 0.2) is 10.8 Å². The molecule has 176 valence electrons. The molecule has 2 atom stereocenters. The first kappa shape index (κ1) is 23.7. The molecule has 4 rings (SSSR count). The Labute approximate surface area is 196 Å². The molecule has 12 heteroatoms. The molecule has 1 aromatic carbocycles. The first-order valence-corrected chi connectivity index (χ1v) is 11.3. The van der Waals surface area contributed by atoms with Crippen LogP contribution in [0.5, 0.6) is 0 Å². The molecule has 0 unspecified atom stereocenters. The third-order valence-corrected chi connectivity index (χ3v) is 6.81. The fourth-order valence-corrected chi connectivity index (χ4v) is 4.91. The maximum Gasteiger partial charge on any atom is 0.323 e. The van der Waals surface area contributed by atoms with Crippen LogP contribution in [0.4, 0.5) is 18.7 Å². The van der Waals surface area contributed by atoms with Crippen LogP contribution in [0.25, 0.3) is 10.2 Å². The van der Waals surface area contributed by atoms with Gasteiger partial charge in [0, 0.05) is 37.7 Å². The number of urea groups is 1. The van der Waals surface area contributed by atoms with Crippen molar-refractivity contribution in [2.45, 2.75) is 30.7 Å². The summed E-state index contributed by atoms with van der Waals surface area (Å²) in [6.45, 7) is -0.444. The summed E-state index contributed by atoms with van der Waals surface area (Å²) >= 11 is 7.36. The summed E-state index contributed by atoms with van der Waals surface area (Å²) in [7, 11) is 0. The number of alkyl halides is 1. The Bertz CT molecular complexity index is 1170. The number of halogens is 3. The zero-order valence-corrected chi connectivity index (χ0v) is 18.8. The Kier molecular flexibility index (Phi) is 6.78. The minimum absolute atomic E-state index is 0.00753. The summed E-state index contributed by atoms with van der Waals surface area (Å²) in [5, 5.41) is 31.5. The molecule has 4 N–H and O–H groups in total. The highest BCUT2D eigenvalue weighted by atomic mass is 35.5.